The molecule has 7 rings (SSSR count). The van der Waals surface area contributed by atoms with Crippen LogP contribution in [0.3, 0.4) is 0 Å². The highest BCUT2D eigenvalue weighted by atomic mass is 32.2. The van der Waals surface area contributed by atoms with Crippen molar-refractivity contribution in [1.82, 2.24) is 14.6 Å². The number of hydrogen-bond acceptors (Lipinski definition) is 9. The molecule has 1 saturated heterocycles. The number of sulfonamides is 1. The summed E-state index contributed by atoms with van der Waals surface area (Å²) >= 11 is 0. The van der Waals surface area contributed by atoms with Gasteiger partial charge >= 0.3 is 18.1 Å². The van der Waals surface area contributed by atoms with Crippen molar-refractivity contribution in [2.45, 2.75) is 145 Å². The van der Waals surface area contributed by atoms with Gasteiger partial charge in [0.15, 0.2) is 11.4 Å². The monoisotopic (exact) mass is 851 g/mol. The lowest BCUT2D eigenvalue weighted by Gasteiger charge is -2.37. The number of hydrogen-bond donors (Lipinski definition) is 1. The number of ether oxygens (including phenoxy) is 2. The van der Waals surface area contributed by atoms with E-state index in [0.717, 1.165) is 16.5 Å². The van der Waals surface area contributed by atoms with Gasteiger partial charge in [0.25, 0.3) is 0 Å². The molecule has 2 aromatic rings. The summed E-state index contributed by atoms with van der Waals surface area (Å²) in [6.07, 6.45) is 0.422. The molecule has 1 spiro atoms. The van der Waals surface area contributed by atoms with E-state index in [0.29, 0.717) is 76.7 Å². The number of amides is 2. The van der Waals surface area contributed by atoms with E-state index < -0.39 is 97.8 Å². The van der Waals surface area contributed by atoms with Gasteiger partial charge in [-0.3, -0.25) is 23.9 Å². The Morgan fingerprint density at radius 2 is 1.75 bits per heavy atom. The molecule has 0 radical (unpaired) electrons. The van der Waals surface area contributed by atoms with Crippen LogP contribution in [0.2, 0.25) is 0 Å². The van der Waals surface area contributed by atoms with Crippen LogP contribution in [-0.4, -0.2) is 82.5 Å². The number of benzene rings is 1. The van der Waals surface area contributed by atoms with Crippen LogP contribution in [0.15, 0.2) is 36.4 Å². The Balaban J connectivity index is 1.22. The van der Waals surface area contributed by atoms with Crippen molar-refractivity contribution in [1.29, 1.82) is 0 Å². The van der Waals surface area contributed by atoms with Crippen LogP contribution in [-0.2, 0) is 40.4 Å². The molecule has 322 valence electrons. The molecule has 2 amide bonds. The SMILES string of the molecule is Cc1nc2ccccc2c2c1O[C@]1(CC2)C[C@H]2C(=O)CC3(C(=O)NS(=O)(=O)C4(C)CC4)C[C@H]3/C=C\CCCCC[C@H](CC(=O)OC(C)(C)C(F)(F)C(F)(F)F)C(=O)N2C1. The zero-order chi connectivity index (χ0) is 43.0. The summed E-state index contributed by atoms with van der Waals surface area (Å²) in [5.74, 6) is -10.1. The lowest BCUT2D eigenvalue weighted by Crippen LogP contribution is -2.56. The molecule has 2 saturated carbocycles. The lowest BCUT2D eigenvalue weighted by molar-refractivity contribution is -0.336. The van der Waals surface area contributed by atoms with Crippen LogP contribution in [0.1, 0.15) is 109 Å². The molecule has 1 aromatic heterocycles. The standard InChI is InChI=1S/C42H50F5N3O8S/c1-25-34-29(28-14-10-11-15-30(28)48-25)16-17-39(58-34)22-31-32(51)23-40(36(54)49-59(55,56)38(4)18-19-38)21-27(40)13-9-7-5-6-8-12-26(35(53)50(31)24-39)20-33(52)57-37(2,3)41(43,44)42(45,46)47/h9-11,13-15,26-27,31H,5-8,12,16-24H2,1-4H3,(H,49,54)/b13-9-/t26-,27-,31+,39-,40?/m1/s1. The van der Waals surface area contributed by atoms with Crippen molar-refractivity contribution in [3.8, 4) is 5.75 Å². The second kappa shape index (κ2) is 14.8. The number of aryl methyl sites for hydroxylation is 2. The number of para-hydroxylation sites is 1. The summed E-state index contributed by atoms with van der Waals surface area (Å²) in [4.78, 5) is 62.8. The van der Waals surface area contributed by atoms with Gasteiger partial charge in [-0.25, -0.2) is 13.4 Å². The van der Waals surface area contributed by atoms with E-state index in [1.807, 2.05) is 36.4 Å². The molecule has 59 heavy (non-hydrogen) atoms. The molecule has 5 aliphatic rings. The molecule has 5 atom stereocenters. The van der Waals surface area contributed by atoms with Crippen molar-refractivity contribution in [2.75, 3.05) is 6.54 Å². The lowest BCUT2D eigenvalue weighted by atomic mass is 9.85. The van der Waals surface area contributed by atoms with Crippen LogP contribution in [0.5, 0.6) is 5.75 Å². The first-order chi connectivity index (χ1) is 27.4. The maximum atomic E-state index is 14.8. The second-order valence-corrected chi connectivity index (χ2v) is 20.2. The predicted molar refractivity (Wildman–Crippen MR) is 205 cm³/mol. The average Bonchev–Trinajstić information content (AvgIpc) is 4.04. The van der Waals surface area contributed by atoms with Crippen LogP contribution in [0.4, 0.5) is 22.0 Å². The Hall–Kier alpha value is -4.15. The van der Waals surface area contributed by atoms with Gasteiger partial charge in [0.1, 0.15) is 11.4 Å². The number of carbonyl (C=O) groups is 4. The number of ketones is 1. The summed E-state index contributed by atoms with van der Waals surface area (Å²) in [6, 6.07) is 6.36. The quantitative estimate of drug-likeness (QED) is 0.173. The van der Waals surface area contributed by atoms with Gasteiger partial charge in [0.2, 0.25) is 21.8 Å². The fraction of sp³-hybridized carbons (Fsp3) is 0.643. The largest absolute Gasteiger partial charge is 0.483 e. The topological polar surface area (TPSA) is 149 Å². The van der Waals surface area contributed by atoms with Crippen molar-refractivity contribution >= 4 is 44.5 Å². The molecular weight excluding hydrogens is 802 g/mol. The van der Waals surface area contributed by atoms with Gasteiger partial charge in [-0.05, 0) is 91.0 Å². The molecule has 1 aromatic carbocycles. The molecule has 11 nitrogen and oxygen atoms in total. The molecule has 2 aliphatic carbocycles. The number of pyridine rings is 1. The molecule has 3 fully saturated rings. The van der Waals surface area contributed by atoms with E-state index in [-0.39, 0.29) is 25.8 Å². The fourth-order valence-corrected chi connectivity index (χ4v) is 10.4. The Labute approximate surface area is 339 Å². The number of rotatable bonds is 7. The summed E-state index contributed by atoms with van der Waals surface area (Å²) in [7, 11) is -4.05. The third-order valence-corrected chi connectivity index (χ3v) is 15.4. The summed E-state index contributed by atoms with van der Waals surface area (Å²) in [6.45, 7) is 4.11. The van der Waals surface area contributed by atoms with Crippen molar-refractivity contribution in [3.05, 3.63) is 47.7 Å². The van der Waals surface area contributed by atoms with Gasteiger partial charge < -0.3 is 14.4 Å². The van der Waals surface area contributed by atoms with E-state index in [9.17, 15) is 49.5 Å². The number of fused-ring (bicyclic) bond motifs is 5. The zero-order valence-corrected chi connectivity index (χ0v) is 34.4. The highest BCUT2D eigenvalue weighted by Crippen LogP contribution is 2.58. The summed E-state index contributed by atoms with van der Waals surface area (Å²) < 4.78 is 108. The van der Waals surface area contributed by atoms with E-state index >= 15 is 0 Å². The minimum atomic E-state index is -6.02. The van der Waals surface area contributed by atoms with Gasteiger partial charge in [-0.15, -0.1) is 0 Å². The maximum absolute atomic E-state index is 14.8. The van der Waals surface area contributed by atoms with Gasteiger partial charge in [-0.2, -0.15) is 22.0 Å². The molecule has 3 aliphatic heterocycles. The third-order valence-electron chi connectivity index (χ3n) is 13.3. The smallest absolute Gasteiger partial charge is 0.457 e. The average molecular weight is 852 g/mol. The maximum Gasteiger partial charge on any atom is 0.457 e. The van der Waals surface area contributed by atoms with E-state index in [4.69, 9.17) is 14.5 Å². The van der Waals surface area contributed by atoms with E-state index in [1.54, 1.807) is 13.8 Å². The Kier molecular flexibility index (Phi) is 10.8. The van der Waals surface area contributed by atoms with Crippen LogP contribution >= 0.6 is 0 Å². The molecular formula is C42H50F5N3O8S. The highest BCUT2D eigenvalue weighted by Gasteiger charge is 2.69. The van der Waals surface area contributed by atoms with E-state index in [1.165, 1.54) is 4.90 Å². The number of esters is 1. The molecule has 17 heteroatoms. The number of allylic oxidation sites excluding steroid dienone is 2. The van der Waals surface area contributed by atoms with E-state index in [2.05, 4.69) is 4.72 Å². The molecule has 4 heterocycles. The number of alkyl halides is 5. The van der Waals surface area contributed by atoms with Crippen molar-refractivity contribution in [2.24, 2.45) is 17.3 Å². The first-order valence-corrected chi connectivity index (χ1v) is 21.7. The van der Waals surface area contributed by atoms with Crippen molar-refractivity contribution < 1.29 is 59.0 Å². The first-order valence-electron chi connectivity index (χ1n) is 20.3. The van der Waals surface area contributed by atoms with Gasteiger partial charge in [-0.1, -0.05) is 43.2 Å². The first kappa shape index (κ1) is 43.0. The molecule has 1 unspecified atom stereocenters. The number of nitrogens with one attached hydrogen (secondary N) is 1. The minimum Gasteiger partial charge on any atom is -0.483 e. The van der Waals surface area contributed by atoms with Crippen LogP contribution in [0, 0.1) is 24.2 Å². The number of carbonyl (C=O) groups excluding carboxylic acids is 4. The van der Waals surface area contributed by atoms with Crippen molar-refractivity contribution in [3.63, 3.8) is 0 Å². The second-order valence-electron chi connectivity index (χ2n) is 18.0. The van der Waals surface area contributed by atoms with Crippen LogP contribution < -0.4 is 9.46 Å². The summed E-state index contributed by atoms with van der Waals surface area (Å²) in [5, 5.41) is 0.886. The normalized spacial score (nSPS) is 29.3. The Morgan fingerprint density at radius 1 is 1.03 bits per heavy atom. The summed E-state index contributed by atoms with van der Waals surface area (Å²) in [5.41, 5.74) is -3.57. The number of nitrogens with zero attached hydrogens (tertiary/aromatic N) is 2. The third kappa shape index (κ3) is 7.84. The number of Topliss-reactive ketones (excluding diaryl/α,β-unsaturated/α-hetero) is 1. The predicted octanol–water partition coefficient (Wildman–Crippen LogP) is 7.22. The number of aromatic nitrogens is 1. The Morgan fingerprint density at radius 3 is 2.44 bits per heavy atom. The van der Waals surface area contributed by atoms with Crippen LogP contribution in [0.25, 0.3) is 10.9 Å². The zero-order valence-electron chi connectivity index (χ0n) is 33.6. The fourth-order valence-electron chi connectivity index (χ4n) is 9.05. The number of halogens is 5. The van der Waals surface area contributed by atoms with Gasteiger partial charge in [0.05, 0.1) is 40.4 Å². The Bertz CT molecular complexity index is 2210. The van der Waals surface area contributed by atoms with Gasteiger partial charge in [0, 0.05) is 29.7 Å². The molecule has 0 bridgehead atoms. The highest BCUT2D eigenvalue weighted by molar-refractivity contribution is 7.91. The minimum absolute atomic E-state index is 0.0140. The molecule has 1 N–H and O–H groups in total.